The van der Waals surface area contributed by atoms with E-state index in [4.69, 9.17) is 11.6 Å². The molecule has 4 nitrogen and oxygen atoms in total. The molecule has 0 unspecified atom stereocenters. The molecule has 13 heavy (non-hydrogen) atoms. The van der Waals surface area contributed by atoms with E-state index in [-0.39, 0.29) is 0 Å². The first-order valence-corrected chi connectivity index (χ1v) is 4.50. The molecule has 0 saturated carbocycles. The van der Waals surface area contributed by atoms with Crippen LogP contribution in [0.2, 0.25) is 5.15 Å². The molecule has 6 heteroatoms. The van der Waals surface area contributed by atoms with Crippen LogP contribution in [0.1, 0.15) is 0 Å². The van der Waals surface area contributed by atoms with E-state index in [2.05, 4.69) is 15.0 Å². The van der Waals surface area contributed by atoms with Crippen LogP contribution < -0.4 is 0 Å². The second-order valence-corrected chi connectivity index (χ2v) is 3.50. The van der Waals surface area contributed by atoms with E-state index < -0.39 is 0 Å². The molecule has 0 spiro atoms. The summed E-state index contributed by atoms with van der Waals surface area (Å²) in [5.41, 5.74) is 0.684. The Morgan fingerprint density at radius 2 is 2.31 bits per heavy atom. The zero-order chi connectivity index (χ0) is 9.26. The molecule has 2 aromatic rings. The molecule has 0 fully saturated rings. The highest BCUT2D eigenvalue weighted by atomic mass is 35.5. The predicted octanol–water partition coefficient (Wildman–Crippen LogP) is 2.31. The average molecular weight is 212 g/mol. The number of carbonyl (C=O) groups excluding carboxylic acids is 1. The van der Waals surface area contributed by atoms with Gasteiger partial charge in [0.15, 0.2) is 0 Å². The summed E-state index contributed by atoms with van der Waals surface area (Å²) in [6.45, 7) is 0. The summed E-state index contributed by atoms with van der Waals surface area (Å²) in [7, 11) is 0. The van der Waals surface area contributed by atoms with E-state index >= 15 is 0 Å². The van der Waals surface area contributed by atoms with Crippen LogP contribution >= 0.6 is 22.9 Å². The molecule has 0 atom stereocenters. The molecule has 0 N–H and O–H groups in total. The van der Waals surface area contributed by atoms with Crippen LogP contribution in [-0.2, 0) is 4.79 Å². The number of aromatic nitrogens is 2. The van der Waals surface area contributed by atoms with E-state index in [0.717, 1.165) is 0 Å². The Bertz CT molecular complexity index is 503. The zero-order valence-electron chi connectivity index (χ0n) is 6.19. The van der Waals surface area contributed by atoms with Gasteiger partial charge in [-0.3, -0.25) is 0 Å². The highest BCUT2D eigenvalue weighted by molar-refractivity contribution is 7.21. The molecule has 0 aromatic carbocycles. The fraction of sp³-hybridized carbons (Fsp3) is 0. The van der Waals surface area contributed by atoms with Crippen LogP contribution in [-0.4, -0.2) is 16.0 Å². The summed E-state index contributed by atoms with van der Waals surface area (Å²) in [4.78, 5) is 22.0. The molecule has 2 aromatic heterocycles. The summed E-state index contributed by atoms with van der Waals surface area (Å²) < 4.78 is 0. The molecule has 0 aliphatic carbocycles. The maximum absolute atomic E-state index is 9.95. The fourth-order valence-corrected chi connectivity index (χ4v) is 1.83. The van der Waals surface area contributed by atoms with Gasteiger partial charge in [0.1, 0.15) is 15.5 Å². The largest absolute Gasteiger partial charge is 0.242 e. The highest BCUT2D eigenvalue weighted by Crippen LogP contribution is 2.26. The van der Waals surface area contributed by atoms with Gasteiger partial charge in [0.25, 0.3) is 0 Å². The Hall–Kier alpha value is -1.29. The molecule has 0 saturated heterocycles. The second-order valence-electron chi connectivity index (χ2n) is 2.16. The third kappa shape index (κ3) is 1.58. The minimum absolute atomic E-state index is 0.347. The Balaban J connectivity index is 2.68. The number of hydrogen-bond donors (Lipinski definition) is 0. The first kappa shape index (κ1) is 8.31. The quantitative estimate of drug-likeness (QED) is 0.413. The number of rotatable bonds is 1. The summed E-state index contributed by atoms with van der Waals surface area (Å²) in [6.07, 6.45) is 1.42. The van der Waals surface area contributed by atoms with Crippen molar-refractivity contribution in [3.05, 3.63) is 17.3 Å². The van der Waals surface area contributed by atoms with Crippen molar-refractivity contribution >= 4 is 44.5 Å². The molecule has 0 amide bonds. The molecule has 0 aliphatic rings. The molecule has 0 bridgehead atoms. The van der Waals surface area contributed by atoms with E-state index in [0.29, 0.717) is 20.6 Å². The number of pyridine rings is 1. The van der Waals surface area contributed by atoms with E-state index in [9.17, 15) is 4.79 Å². The minimum Gasteiger partial charge on any atom is -0.223 e. The monoisotopic (exact) mass is 211 g/mol. The molecule has 0 aliphatic heterocycles. The predicted molar refractivity (Wildman–Crippen MR) is 50.2 cm³/mol. The maximum Gasteiger partial charge on any atom is 0.242 e. The summed E-state index contributed by atoms with van der Waals surface area (Å²) >= 11 is 6.86. The molecule has 2 heterocycles. The van der Waals surface area contributed by atoms with Crippen molar-refractivity contribution in [2.75, 3.05) is 0 Å². The lowest BCUT2D eigenvalue weighted by Gasteiger charge is -1.85. The van der Waals surface area contributed by atoms with Gasteiger partial charge in [0, 0.05) is 0 Å². The maximum atomic E-state index is 9.95. The van der Waals surface area contributed by atoms with E-state index in [1.54, 1.807) is 12.1 Å². The van der Waals surface area contributed by atoms with Crippen molar-refractivity contribution in [3.8, 4) is 0 Å². The number of halogens is 1. The molecule has 0 radical (unpaired) electrons. The van der Waals surface area contributed by atoms with Crippen molar-refractivity contribution in [2.45, 2.75) is 0 Å². The van der Waals surface area contributed by atoms with Crippen molar-refractivity contribution in [3.63, 3.8) is 0 Å². The molecular weight excluding hydrogens is 210 g/mol. The number of fused-ring (bicyclic) bond motifs is 1. The normalized spacial score (nSPS) is 9.92. The van der Waals surface area contributed by atoms with Crippen LogP contribution in [0.5, 0.6) is 0 Å². The summed E-state index contributed by atoms with van der Waals surface area (Å²) in [5.74, 6) is 0. The Labute approximate surface area is 81.9 Å². The van der Waals surface area contributed by atoms with E-state index in [1.807, 2.05) is 0 Å². The lowest BCUT2D eigenvalue weighted by Crippen LogP contribution is -1.72. The first-order valence-electron chi connectivity index (χ1n) is 3.30. The number of hydrogen-bond acceptors (Lipinski definition) is 5. The number of nitrogens with zero attached hydrogens (tertiary/aromatic N) is 3. The highest BCUT2D eigenvalue weighted by Gasteiger charge is 2.03. The van der Waals surface area contributed by atoms with Crippen LogP contribution in [0.4, 0.5) is 5.13 Å². The van der Waals surface area contributed by atoms with Gasteiger partial charge in [-0.25, -0.2) is 14.8 Å². The minimum atomic E-state index is 0.347. The van der Waals surface area contributed by atoms with E-state index in [1.165, 1.54) is 17.4 Å². The van der Waals surface area contributed by atoms with Crippen LogP contribution in [0.25, 0.3) is 10.3 Å². The summed E-state index contributed by atoms with van der Waals surface area (Å²) in [5, 5.41) is 0.748. The van der Waals surface area contributed by atoms with Crippen LogP contribution in [0, 0.1) is 0 Å². The molecule has 64 valence electrons. The van der Waals surface area contributed by atoms with Crippen LogP contribution in [0.15, 0.2) is 17.1 Å². The third-order valence-corrected chi connectivity index (χ3v) is 2.42. The smallest absolute Gasteiger partial charge is 0.223 e. The van der Waals surface area contributed by atoms with Gasteiger partial charge in [-0.2, -0.15) is 0 Å². The van der Waals surface area contributed by atoms with Crippen molar-refractivity contribution < 1.29 is 4.79 Å². The molecular formula is C7H2ClN3OS. The Morgan fingerprint density at radius 1 is 1.46 bits per heavy atom. The standard InChI is InChI=1S/C7H2ClN3OS/c8-5-2-1-4-6(11-5)13-7(10-4)9-3-12/h1-2H. The Kier molecular flexibility index (Phi) is 2.06. The topological polar surface area (TPSA) is 55.2 Å². The van der Waals surface area contributed by atoms with Gasteiger partial charge in [0.2, 0.25) is 11.2 Å². The van der Waals surface area contributed by atoms with Gasteiger partial charge in [-0.1, -0.05) is 22.9 Å². The lowest BCUT2D eigenvalue weighted by molar-refractivity contribution is 0.565. The van der Waals surface area contributed by atoms with Crippen LogP contribution in [0.3, 0.4) is 0 Å². The Morgan fingerprint density at radius 3 is 3.08 bits per heavy atom. The zero-order valence-corrected chi connectivity index (χ0v) is 7.76. The van der Waals surface area contributed by atoms with Gasteiger partial charge >= 0.3 is 0 Å². The van der Waals surface area contributed by atoms with Gasteiger partial charge in [-0.15, -0.1) is 4.99 Å². The molecule has 2 rings (SSSR count). The lowest BCUT2D eigenvalue weighted by atomic mass is 10.5. The third-order valence-electron chi connectivity index (χ3n) is 1.35. The van der Waals surface area contributed by atoms with Gasteiger partial charge < -0.3 is 0 Å². The second kappa shape index (κ2) is 3.22. The average Bonchev–Trinajstić information content (AvgIpc) is 2.46. The fourth-order valence-electron chi connectivity index (χ4n) is 0.870. The number of thiazole rings is 1. The van der Waals surface area contributed by atoms with Gasteiger partial charge in [0.05, 0.1) is 0 Å². The van der Waals surface area contributed by atoms with Crippen molar-refractivity contribution in [2.24, 2.45) is 4.99 Å². The summed E-state index contributed by atoms with van der Waals surface area (Å²) in [6, 6.07) is 3.36. The number of aliphatic imine (C=N–C) groups is 1. The number of isocyanates is 1. The SMILES string of the molecule is O=C=Nc1nc2ccc(Cl)nc2s1. The first-order chi connectivity index (χ1) is 6.29. The van der Waals surface area contributed by atoms with Gasteiger partial charge in [-0.05, 0) is 12.1 Å². The van der Waals surface area contributed by atoms with Crippen molar-refractivity contribution in [1.29, 1.82) is 0 Å². The van der Waals surface area contributed by atoms with Crippen molar-refractivity contribution in [1.82, 2.24) is 9.97 Å².